The number of aromatic nitrogens is 2. The quantitative estimate of drug-likeness (QED) is 0.704. The highest BCUT2D eigenvalue weighted by atomic mass is 35.5. The van der Waals surface area contributed by atoms with Crippen LogP contribution in [0.2, 0.25) is 5.02 Å². The second kappa shape index (κ2) is 7.48. The van der Waals surface area contributed by atoms with Gasteiger partial charge in [-0.3, -0.25) is 9.59 Å². The van der Waals surface area contributed by atoms with Crippen LogP contribution in [0.15, 0.2) is 54.7 Å². The number of carbonyl (C=O) groups is 2. The molecule has 1 aliphatic heterocycles. The van der Waals surface area contributed by atoms with Crippen LogP contribution in [-0.2, 0) is 11.2 Å². The predicted octanol–water partition coefficient (Wildman–Crippen LogP) is 3.90. The molecule has 0 unspecified atom stereocenters. The summed E-state index contributed by atoms with van der Waals surface area (Å²) in [5.41, 5.74) is 4.09. The maximum absolute atomic E-state index is 12.6. The van der Waals surface area contributed by atoms with Gasteiger partial charge < -0.3 is 10.6 Å². The minimum Gasteiger partial charge on any atom is -0.344 e. The van der Waals surface area contributed by atoms with Crippen LogP contribution in [0.25, 0.3) is 5.69 Å². The summed E-state index contributed by atoms with van der Waals surface area (Å²) in [5, 5.41) is 10.8. The zero-order valence-electron chi connectivity index (χ0n) is 15.3. The van der Waals surface area contributed by atoms with Crippen LogP contribution in [0.3, 0.4) is 0 Å². The van der Waals surface area contributed by atoms with Crippen LogP contribution in [0.4, 0.5) is 5.69 Å². The molecule has 2 aromatic carbocycles. The molecule has 1 aromatic heterocycles. The molecule has 0 saturated heterocycles. The van der Waals surface area contributed by atoms with E-state index in [-0.39, 0.29) is 17.9 Å². The third-order valence-electron chi connectivity index (χ3n) is 4.79. The van der Waals surface area contributed by atoms with Crippen LogP contribution in [0, 0.1) is 0 Å². The zero-order valence-corrected chi connectivity index (χ0v) is 16.0. The summed E-state index contributed by atoms with van der Waals surface area (Å²) >= 11 is 5.91. The number of fused-ring (bicyclic) bond motifs is 1. The van der Waals surface area contributed by atoms with Crippen LogP contribution in [0.5, 0.6) is 0 Å². The largest absolute Gasteiger partial charge is 0.344 e. The van der Waals surface area contributed by atoms with Gasteiger partial charge in [0, 0.05) is 23.3 Å². The zero-order chi connectivity index (χ0) is 19.7. The van der Waals surface area contributed by atoms with E-state index in [0.717, 1.165) is 22.5 Å². The summed E-state index contributed by atoms with van der Waals surface area (Å²) in [5.74, 6) is -0.205. The second-order valence-electron chi connectivity index (χ2n) is 6.78. The number of halogens is 1. The van der Waals surface area contributed by atoms with Gasteiger partial charge in [-0.25, -0.2) is 4.68 Å². The molecule has 7 heteroatoms. The normalized spacial score (nSPS) is 14.1. The lowest BCUT2D eigenvalue weighted by Gasteiger charge is -2.20. The topological polar surface area (TPSA) is 76.0 Å². The number of anilines is 1. The molecular weight excluding hydrogens is 376 g/mol. The molecule has 0 saturated carbocycles. The van der Waals surface area contributed by atoms with Crippen LogP contribution in [-0.4, -0.2) is 21.6 Å². The second-order valence-corrected chi connectivity index (χ2v) is 7.22. The van der Waals surface area contributed by atoms with Crippen molar-refractivity contribution in [2.75, 3.05) is 5.32 Å². The lowest BCUT2D eigenvalue weighted by atomic mass is 9.98. The van der Waals surface area contributed by atoms with Crippen molar-refractivity contribution in [2.45, 2.75) is 25.8 Å². The number of aryl methyl sites for hydroxylation is 1. The van der Waals surface area contributed by atoms with E-state index < -0.39 is 0 Å². The van der Waals surface area contributed by atoms with E-state index in [2.05, 4.69) is 15.7 Å². The van der Waals surface area contributed by atoms with Gasteiger partial charge in [-0.15, -0.1) is 0 Å². The molecule has 0 spiro atoms. The third kappa shape index (κ3) is 3.77. The van der Waals surface area contributed by atoms with Crippen molar-refractivity contribution in [1.29, 1.82) is 0 Å². The molecule has 142 valence electrons. The standard InChI is InChI=1S/C21H19ClN4O2/c1-13(14-2-8-18-15(12-14)3-9-20(27)24-18)23-21(28)19-10-11-26(25-19)17-6-4-16(22)5-7-17/h2,4-8,10-13H,3,9H2,1H3,(H,23,28)(H,24,27)/t13-/m1/s1. The number of carbonyl (C=O) groups excluding carboxylic acids is 2. The Bertz CT molecular complexity index is 1040. The Labute approximate surface area is 167 Å². The lowest BCUT2D eigenvalue weighted by molar-refractivity contribution is -0.116. The Kier molecular flexibility index (Phi) is 4.88. The van der Waals surface area contributed by atoms with Crippen molar-refractivity contribution in [3.05, 3.63) is 76.6 Å². The predicted molar refractivity (Wildman–Crippen MR) is 108 cm³/mol. The van der Waals surface area contributed by atoms with E-state index in [1.165, 1.54) is 0 Å². The SMILES string of the molecule is C[C@@H](NC(=O)c1ccn(-c2ccc(Cl)cc2)n1)c1ccc2c(c1)CCC(=O)N2. The molecular formula is C21H19ClN4O2. The molecule has 1 atom stereocenters. The Morgan fingerprint density at radius 3 is 2.75 bits per heavy atom. The number of hydrogen-bond donors (Lipinski definition) is 2. The number of benzene rings is 2. The molecule has 0 fully saturated rings. The van der Waals surface area contributed by atoms with Crippen LogP contribution < -0.4 is 10.6 Å². The highest BCUT2D eigenvalue weighted by Gasteiger charge is 2.18. The van der Waals surface area contributed by atoms with Crippen molar-refractivity contribution < 1.29 is 9.59 Å². The molecule has 2 N–H and O–H groups in total. The summed E-state index contributed by atoms with van der Waals surface area (Å²) in [4.78, 5) is 24.1. The van der Waals surface area contributed by atoms with Crippen molar-refractivity contribution in [3.63, 3.8) is 0 Å². The summed E-state index contributed by atoms with van der Waals surface area (Å²) < 4.78 is 1.64. The molecule has 1 aliphatic rings. The maximum Gasteiger partial charge on any atom is 0.272 e. The first kappa shape index (κ1) is 18.3. The minimum atomic E-state index is -0.244. The molecule has 6 nitrogen and oxygen atoms in total. The van der Waals surface area contributed by atoms with E-state index in [1.807, 2.05) is 37.3 Å². The van der Waals surface area contributed by atoms with E-state index in [1.54, 1.807) is 29.1 Å². The third-order valence-corrected chi connectivity index (χ3v) is 5.04. The Morgan fingerprint density at radius 2 is 1.96 bits per heavy atom. The van der Waals surface area contributed by atoms with Gasteiger partial charge in [0.2, 0.25) is 5.91 Å². The summed E-state index contributed by atoms with van der Waals surface area (Å²) in [6, 6.07) is 14.6. The Hall–Kier alpha value is -3.12. The van der Waals surface area contributed by atoms with Gasteiger partial charge in [-0.2, -0.15) is 5.10 Å². The first-order valence-electron chi connectivity index (χ1n) is 9.05. The molecule has 0 radical (unpaired) electrons. The number of amides is 2. The van der Waals surface area contributed by atoms with Crippen molar-refractivity contribution in [3.8, 4) is 5.69 Å². The number of hydrogen-bond acceptors (Lipinski definition) is 3. The molecule has 3 aromatic rings. The molecule has 28 heavy (non-hydrogen) atoms. The summed E-state index contributed by atoms with van der Waals surface area (Å²) in [6.07, 6.45) is 2.94. The average molecular weight is 395 g/mol. The minimum absolute atomic E-state index is 0.0397. The van der Waals surface area contributed by atoms with Crippen molar-refractivity contribution in [1.82, 2.24) is 15.1 Å². The number of rotatable bonds is 4. The fraction of sp³-hybridized carbons (Fsp3) is 0.190. The van der Waals surface area contributed by atoms with Gasteiger partial charge in [-0.05, 0) is 60.9 Å². The van der Waals surface area contributed by atoms with Crippen LogP contribution in [0.1, 0.15) is 41.0 Å². The fourth-order valence-electron chi connectivity index (χ4n) is 3.21. The van der Waals surface area contributed by atoms with Crippen molar-refractivity contribution >= 4 is 29.1 Å². The highest BCUT2D eigenvalue weighted by molar-refractivity contribution is 6.30. The monoisotopic (exact) mass is 394 g/mol. The Balaban J connectivity index is 1.46. The summed E-state index contributed by atoms with van der Waals surface area (Å²) in [6.45, 7) is 1.93. The number of nitrogens with one attached hydrogen (secondary N) is 2. The molecule has 0 bridgehead atoms. The van der Waals surface area contributed by atoms with E-state index in [4.69, 9.17) is 11.6 Å². The molecule has 2 heterocycles. The molecule has 2 amide bonds. The van der Waals surface area contributed by atoms with E-state index in [9.17, 15) is 9.59 Å². The number of nitrogens with zero attached hydrogens (tertiary/aromatic N) is 2. The maximum atomic E-state index is 12.6. The van der Waals surface area contributed by atoms with Gasteiger partial charge in [0.05, 0.1) is 11.7 Å². The smallest absolute Gasteiger partial charge is 0.272 e. The van der Waals surface area contributed by atoms with Gasteiger partial charge in [0.15, 0.2) is 5.69 Å². The van der Waals surface area contributed by atoms with Crippen molar-refractivity contribution in [2.24, 2.45) is 0 Å². The van der Waals surface area contributed by atoms with E-state index >= 15 is 0 Å². The van der Waals surface area contributed by atoms with Gasteiger partial charge >= 0.3 is 0 Å². The molecule has 4 rings (SSSR count). The Morgan fingerprint density at radius 1 is 1.18 bits per heavy atom. The first-order chi connectivity index (χ1) is 13.5. The average Bonchev–Trinajstić information content (AvgIpc) is 3.18. The van der Waals surface area contributed by atoms with Gasteiger partial charge in [-0.1, -0.05) is 23.7 Å². The molecule has 0 aliphatic carbocycles. The van der Waals surface area contributed by atoms with E-state index in [0.29, 0.717) is 23.6 Å². The lowest BCUT2D eigenvalue weighted by Crippen LogP contribution is -2.27. The fourth-order valence-corrected chi connectivity index (χ4v) is 3.34. The highest BCUT2D eigenvalue weighted by Crippen LogP contribution is 2.26. The van der Waals surface area contributed by atoms with Crippen LogP contribution >= 0.6 is 11.6 Å². The summed E-state index contributed by atoms with van der Waals surface area (Å²) in [7, 11) is 0. The van der Waals surface area contributed by atoms with Gasteiger partial charge in [0.25, 0.3) is 5.91 Å². The first-order valence-corrected chi connectivity index (χ1v) is 9.42. The van der Waals surface area contributed by atoms with Gasteiger partial charge in [0.1, 0.15) is 0 Å².